The van der Waals surface area contributed by atoms with Crippen molar-refractivity contribution in [2.75, 3.05) is 10.3 Å². The number of fused-ring (bicyclic) bond motifs is 1. The van der Waals surface area contributed by atoms with Gasteiger partial charge >= 0.3 is 0 Å². The molecule has 2 heterocycles. The summed E-state index contributed by atoms with van der Waals surface area (Å²) in [5.41, 5.74) is 9.11. The Labute approximate surface area is 170 Å². The van der Waals surface area contributed by atoms with Crippen LogP contribution in [0.1, 0.15) is 17.5 Å². The molecule has 9 heteroatoms. The lowest BCUT2D eigenvalue weighted by atomic mass is 10.1. The molecular formula is C20H18FN5O2S. The molecule has 148 valence electrons. The molecule has 3 aromatic rings. The molecule has 1 unspecified atom stereocenters. The van der Waals surface area contributed by atoms with Gasteiger partial charge in [0.2, 0.25) is 5.91 Å². The lowest BCUT2D eigenvalue weighted by Crippen LogP contribution is -2.39. The lowest BCUT2D eigenvalue weighted by molar-refractivity contribution is -0.119. The second kappa shape index (κ2) is 7.25. The minimum Gasteiger partial charge on any atom is -0.368 e. The van der Waals surface area contributed by atoms with Crippen LogP contribution in [0.5, 0.6) is 0 Å². The Hall–Kier alpha value is -3.33. The Balaban J connectivity index is 1.59. The predicted molar refractivity (Wildman–Crippen MR) is 112 cm³/mol. The van der Waals surface area contributed by atoms with Gasteiger partial charge in [0.1, 0.15) is 17.6 Å². The van der Waals surface area contributed by atoms with Crippen molar-refractivity contribution in [1.82, 2.24) is 4.98 Å². The molecule has 3 N–H and O–H groups in total. The molecule has 4 rings (SSSR count). The first kappa shape index (κ1) is 19.0. The first-order chi connectivity index (χ1) is 13.8. The number of primary amides is 1. The number of carbonyl (C=O) groups is 2. The number of hydrogen-bond acceptors (Lipinski definition) is 6. The van der Waals surface area contributed by atoms with Gasteiger partial charge < -0.3 is 5.73 Å². The summed E-state index contributed by atoms with van der Waals surface area (Å²) in [4.78, 5) is 29.1. The molecule has 0 bridgehead atoms. The van der Waals surface area contributed by atoms with E-state index in [9.17, 15) is 14.0 Å². The van der Waals surface area contributed by atoms with E-state index >= 15 is 0 Å². The van der Waals surface area contributed by atoms with Crippen molar-refractivity contribution >= 4 is 49.9 Å². The third-order valence-corrected chi connectivity index (χ3v) is 5.56. The van der Waals surface area contributed by atoms with Gasteiger partial charge in [0, 0.05) is 6.42 Å². The van der Waals surface area contributed by atoms with Gasteiger partial charge in [-0.25, -0.2) is 9.37 Å². The average molecular weight is 411 g/mol. The van der Waals surface area contributed by atoms with E-state index in [-0.39, 0.29) is 12.1 Å². The van der Waals surface area contributed by atoms with Crippen molar-refractivity contribution in [3.8, 4) is 0 Å². The van der Waals surface area contributed by atoms with E-state index in [1.165, 1.54) is 40.6 Å². The molecule has 0 saturated carbocycles. The summed E-state index contributed by atoms with van der Waals surface area (Å²) in [5.74, 6) is -1.48. The fraction of sp³-hybridized carbons (Fsp3) is 0.200. The highest BCUT2D eigenvalue weighted by atomic mass is 32.1. The summed E-state index contributed by atoms with van der Waals surface area (Å²) in [6.07, 6.45) is 0.0571. The average Bonchev–Trinajstić information content (AvgIpc) is 3.27. The zero-order valence-corrected chi connectivity index (χ0v) is 16.6. The van der Waals surface area contributed by atoms with Crippen molar-refractivity contribution in [1.29, 1.82) is 0 Å². The fourth-order valence-corrected chi connectivity index (χ4v) is 4.33. The van der Waals surface area contributed by atoms with Crippen LogP contribution in [0.25, 0.3) is 10.2 Å². The number of amides is 2. The minimum atomic E-state index is -0.818. The number of nitrogens with two attached hydrogens (primary N) is 1. The van der Waals surface area contributed by atoms with Crippen LogP contribution >= 0.6 is 11.3 Å². The molecule has 1 aromatic heterocycles. The van der Waals surface area contributed by atoms with E-state index in [4.69, 9.17) is 5.73 Å². The summed E-state index contributed by atoms with van der Waals surface area (Å²) in [6.45, 7) is 3.98. The number of rotatable bonds is 4. The van der Waals surface area contributed by atoms with E-state index in [2.05, 4.69) is 15.4 Å². The molecule has 29 heavy (non-hydrogen) atoms. The zero-order valence-electron chi connectivity index (χ0n) is 15.8. The largest absolute Gasteiger partial charge is 0.368 e. The summed E-state index contributed by atoms with van der Waals surface area (Å²) in [6, 6.07) is 8.71. The maximum absolute atomic E-state index is 13.2. The third kappa shape index (κ3) is 3.68. The van der Waals surface area contributed by atoms with E-state index < -0.39 is 23.7 Å². The number of hydrazone groups is 1. The van der Waals surface area contributed by atoms with Gasteiger partial charge in [-0.3, -0.25) is 19.9 Å². The number of nitrogens with one attached hydrogen (secondary N) is 1. The third-order valence-electron chi connectivity index (χ3n) is 4.64. The quantitative estimate of drug-likeness (QED) is 0.689. The Morgan fingerprint density at radius 3 is 2.66 bits per heavy atom. The molecule has 0 spiro atoms. The molecule has 0 fully saturated rings. The fourth-order valence-electron chi connectivity index (χ4n) is 3.29. The highest BCUT2D eigenvalue weighted by molar-refractivity contribution is 7.22. The molecule has 1 atom stereocenters. The van der Waals surface area contributed by atoms with Crippen LogP contribution in [0.15, 0.2) is 41.5 Å². The van der Waals surface area contributed by atoms with Gasteiger partial charge in [-0.1, -0.05) is 17.4 Å². The number of aromatic nitrogens is 1. The van der Waals surface area contributed by atoms with Crippen LogP contribution in [0.2, 0.25) is 0 Å². The van der Waals surface area contributed by atoms with Crippen LogP contribution in [0, 0.1) is 19.7 Å². The normalized spacial score (nSPS) is 16.2. The molecule has 0 saturated heterocycles. The standard InChI is InChI=1S/C20H18FN5O2S/c1-10-7-11(2)17-16(8-10)29-20(23-17)24-19(28)14-9-15(18(22)27)26(25-14)13-5-3-12(21)4-6-13/h3-8,15H,9H2,1-2H3,(H2,22,27)(H,23,24,28). The van der Waals surface area contributed by atoms with Crippen molar-refractivity contribution in [2.45, 2.75) is 26.3 Å². The molecule has 2 aromatic carbocycles. The Morgan fingerprint density at radius 2 is 1.97 bits per heavy atom. The molecule has 0 radical (unpaired) electrons. The van der Waals surface area contributed by atoms with Crippen molar-refractivity contribution in [3.05, 3.63) is 53.3 Å². The second-order valence-electron chi connectivity index (χ2n) is 6.89. The maximum atomic E-state index is 13.2. The molecule has 1 aliphatic rings. The van der Waals surface area contributed by atoms with E-state index in [1.54, 1.807) is 0 Å². The summed E-state index contributed by atoms with van der Waals surface area (Å²) in [7, 11) is 0. The maximum Gasteiger partial charge on any atom is 0.273 e. The van der Waals surface area contributed by atoms with Crippen LogP contribution in [0.3, 0.4) is 0 Å². The summed E-state index contributed by atoms with van der Waals surface area (Å²) >= 11 is 1.37. The van der Waals surface area contributed by atoms with Gasteiger partial charge in [0.15, 0.2) is 5.13 Å². The van der Waals surface area contributed by atoms with Crippen LogP contribution in [-0.2, 0) is 9.59 Å². The van der Waals surface area contributed by atoms with E-state index in [1.807, 2.05) is 26.0 Å². The number of carbonyl (C=O) groups excluding carboxylic acids is 2. The van der Waals surface area contributed by atoms with Crippen LogP contribution in [0.4, 0.5) is 15.2 Å². The SMILES string of the molecule is Cc1cc(C)c2nc(NC(=O)C3=NN(c4ccc(F)cc4)C(C(N)=O)C3)sc2c1. The number of hydrogen-bond donors (Lipinski definition) is 2. The highest BCUT2D eigenvalue weighted by Gasteiger charge is 2.35. The Kier molecular flexibility index (Phi) is 4.75. The van der Waals surface area contributed by atoms with Crippen LogP contribution in [-0.4, -0.2) is 28.6 Å². The molecular weight excluding hydrogens is 393 g/mol. The van der Waals surface area contributed by atoms with Gasteiger partial charge in [-0.2, -0.15) is 5.10 Å². The van der Waals surface area contributed by atoms with Crippen molar-refractivity contribution in [2.24, 2.45) is 10.8 Å². The first-order valence-electron chi connectivity index (χ1n) is 8.92. The van der Waals surface area contributed by atoms with E-state index in [0.29, 0.717) is 10.8 Å². The smallest absolute Gasteiger partial charge is 0.273 e. The Bertz CT molecular complexity index is 1160. The molecule has 2 amide bonds. The van der Waals surface area contributed by atoms with Crippen LogP contribution < -0.4 is 16.1 Å². The van der Waals surface area contributed by atoms with Gasteiger partial charge in [0.25, 0.3) is 5.91 Å². The predicted octanol–water partition coefficient (Wildman–Crippen LogP) is 3.11. The number of thiazole rings is 1. The van der Waals surface area contributed by atoms with Crippen molar-refractivity contribution in [3.63, 3.8) is 0 Å². The molecule has 1 aliphatic heterocycles. The number of anilines is 2. The first-order valence-corrected chi connectivity index (χ1v) is 9.74. The van der Waals surface area contributed by atoms with Crippen molar-refractivity contribution < 1.29 is 14.0 Å². The van der Waals surface area contributed by atoms with Gasteiger partial charge in [-0.05, 0) is 55.3 Å². The number of halogens is 1. The van der Waals surface area contributed by atoms with Gasteiger partial charge in [-0.15, -0.1) is 0 Å². The Morgan fingerprint density at radius 1 is 1.24 bits per heavy atom. The highest BCUT2D eigenvalue weighted by Crippen LogP contribution is 2.30. The zero-order chi connectivity index (χ0) is 20.7. The topological polar surface area (TPSA) is 101 Å². The summed E-state index contributed by atoms with van der Waals surface area (Å²) < 4.78 is 14.2. The number of aryl methyl sites for hydroxylation is 2. The number of nitrogens with zero attached hydrogens (tertiary/aromatic N) is 3. The van der Waals surface area contributed by atoms with Gasteiger partial charge in [0.05, 0.1) is 15.9 Å². The molecule has 0 aliphatic carbocycles. The second-order valence-corrected chi connectivity index (χ2v) is 7.92. The molecule has 7 nitrogen and oxygen atoms in total. The van der Waals surface area contributed by atoms with E-state index in [0.717, 1.165) is 21.3 Å². The lowest BCUT2D eigenvalue weighted by Gasteiger charge is -2.20. The minimum absolute atomic E-state index is 0.0571. The number of benzene rings is 2. The monoisotopic (exact) mass is 411 g/mol. The summed E-state index contributed by atoms with van der Waals surface area (Å²) in [5, 5.41) is 8.83.